The van der Waals surface area contributed by atoms with Gasteiger partial charge in [-0.25, -0.2) is 9.18 Å². The lowest BCUT2D eigenvalue weighted by atomic mass is 10.1. The van der Waals surface area contributed by atoms with Crippen LogP contribution in [0.15, 0.2) is 22.7 Å². The van der Waals surface area contributed by atoms with Crippen LogP contribution in [0.2, 0.25) is 5.02 Å². The number of anilines is 1. The van der Waals surface area contributed by atoms with E-state index in [2.05, 4.69) is 10.5 Å². The Morgan fingerprint density at radius 2 is 2.17 bits per heavy atom. The van der Waals surface area contributed by atoms with Crippen LogP contribution < -0.4 is 5.32 Å². The van der Waals surface area contributed by atoms with E-state index in [1.54, 1.807) is 6.92 Å². The Kier molecular flexibility index (Phi) is 5.56. The lowest BCUT2D eigenvalue weighted by Gasteiger charge is -2.14. The van der Waals surface area contributed by atoms with Crippen molar-refractivity contribution in [1.82, 2.24) is 5.16 Å². The summed E-state index contributed by atoms with van der Waals surface area (Å²) in [5.74, 6) is -1.49. The Morgan fingerprint density at radius 3 is 2.79 bits per heavy atom. The molecule has 0 aliphatic carbocycles. The zero-order valence-electron chi connectivity index (χ0n) is 13.4. The highest BCUT2D eigenvalue weighted by molar-refractivity contribution is 6.33. The molecule has 0 fully saturated rings. The zero-order valence-corrected chi connectivity index (χ0v) is 14.1. The number of nitrogens with one attached hydrogen (secondary N) is 1. The first-order chi connectivity index (χ1) is 11.3. The number of hydrogen-bond donors (Lipinski definition) is 1. The summed E-state index contributed by atoms with van der Waals surface area (Å²) in [4.78, 5) is 24.3. The van der Waals surface area contributed by atoms with Crippen LogP contribution in [0.1, 0.15) is 35.7 Å². The van der Waals surface area contributed by atoms with Crippen LogP contribution in [-0.2, 0) is 16.0 Å². The third-order valence-electron chi connectivity index (χ3n) is 3.31. The molecule has 1 heterocycles. The summed E-state index contributed by atoms with van der Waals surface area (Å²) in [6, 6.07) is 3.55. The molecule has 8 heteroatoms. The minimum Gasteiger partial charge on any atom is -0.449 e. The molecule has 24 heavy (non-hydrogen) atoms. The van der Waals surface area contributed by atoms with Gasteiger partial charge < -0.3 is 14.6 Å². The minimum atomic E-state index is -1.09. The maximum atomic E-state index is 13.0. The van der Waals surface area contributed by atoms with Crippen molar-refractivity contribution in [3.05, 3.63) is 46.1 Å². The highest BCUT2D eigenvalue weighted by atomic mass is 35.5. The maximum Gasteiger partial charge on any atom is 0.344 e. The van der Waals surface area contributed by atoms with Crippen molar-refractivity contribution in [1.29, 1.82) is 0 Å². The summed E-state index contributed by atoms with van der Waals surface area (Å²) in [7, 11) is 0. The Hall–Kier alpha value is -2.41. The number of carbonyl (C=O) groups excluding carboxylic acids is 2. The molecule has 2 rings (SSSR count). The maximum absolute atomic E-state index is 13.0. The molecule has 0 spiro atoms. The van der Waals surface area contributed by atoms with Gasteiger partial charge in [-0.2, -0.15) is 0 Å². The molecule has 1 atom stereocenters. The van der Waals surface area contributed by atoms with Crippen molar-refractivity contribution >= 4 is 29.2 Å². The van der Waals surface area contributed by atoms with Crippen molar-refractivity contribution in [2.75, 3.05) is 5.32 Å². The fraction of sp³-hybridized carbons (Fsp3) is 0.312. The average molecular weight is 355 g/mol. The van der Waals surface area contributed by atoms with Crippen molar-refractivity contribution < 1.29 is 23.2 Å². The fourth-order valence-electron chi connectivity index (χ4n) is 2.02. The number of hydrogen-bond acceptors (Lipinski definition) is 5. The first kappa shape index (κ1) is 17.9. The number of esters is 1. The molecule has 0 aliphatic rings. The molecule has 1 amide bonds. The van der Waals surface area contributed by atoms with E-state index in [1.165, 1.54) is 13.0 Å². The van der Waals surface area contributed by atoms with E-state index in [0.29, 0.717) is 17.9 Å². The Bertz CT molecular complexity index is 775. The van der Waals surface area contributed by atoms with Gasteiger partial charge in [0.1, 0.15) is 17.1 Å². The number of amides is 1. The van der Waals surface area contributed by atoms with Crippen LogP contribution >= 0.6 is 11.6 Å². The monoisotopic (exact) mass is 354 g/mol. The molecular weight excluding hydrogens is 339 g/mol. The Morgan fingerprint density at radius 1 is 1.46 bits per heavy atom. The van der Waals surface area contributed by atoms with Crippen molar-refractivity contribution in [3.63, 3.8) is 0 Å². The van der Waals surface area contributed by atoms with Gasteiger partial charge in [-0.15, -0.1) is 0 Å². The zero-order chi connectivity index (χ0) is 17.9. The average Bonchev–Trinajstić information content (AvgIpc) is 2.90. The molecule has 0 saturated carbocycles. The molecule has 2 aromatic rings. The topological polar surface area (TPSA) is 81.4 Å². The van der Waals surface area contributed by atoms with Gasteiger partial charge in [0, 0.05) is 0 Å². The molecule has 0 bridgehead atoms. The second kappa shape index (κ2) is 7.44. The summed E-state index contributed by atoms with van der Waals surface area (Å²) in [6.45, 7) is 4.83. The molecule has 0 unspecified atom stereocenters. The lowest BCUT2D eigenvalue weighted by Crippen LogP contribution is -2.30. The lowest BCUT2D eigenvalue weighted by molar-refractivity contribution is -0.123. The second-order valence-corrected chi connectivity index (χ2v) is 5.48. The first-order valence-electron chi connectivity index (χ1n) is 7.25. The normalized spacial score (nSPS) is 11.9. The Balaban J connectivity index is 2.06. The van der Waals surface area contributed by atoms with Gasteiger partial charge in [-0.1, -0.05) is 23.7 Å². The molecule has 0 saturated heterocycles. The highest BCUT2D eigenvalue weighted by Crippen LogP contribution is 2.23. The standard InChI is InChI=1S/C16H16ClFN2O4/c1-4-12-14(8(2)24-20-12)16(22)23-9(3)15(21)19-13-6-5-10(18)7-11(13)17/h5-7,9H,4H2,1-3H3,(H,19,21)/t9-/m1/s1. The molecular formula is C16H16ClFN2O4. The SMILES string of the molecule is CCc1noc(C)c1C(=O)O[C@H](C)C(=O)Nc1ccc(F)cc1Cl. The largest absolute Gasteiger partial charge is 0.449 e. The molecule has 6 nitrogen and oxygen atoms in total. The molecule has 0 radical (unpaired) electrons. The van der Waals surface area contributed by atoms with E-state index in [9.17, 15) is 14.0 Å². The van der Waals surface area contributed by atoms with Crippen molar-refractivity contribution in [2.24, 2.45) is 0 Å². The number of halogens is 2. The molecule has 1 aromatic heterocycles. The third kappa shape index (κ3) is 3.91. The van der Waals surface area contributed by atoms with Crippen LogP contribution in [0, 0.1) is 12.7 Å². The summed E-state index contributed by atoms with van der Waals surface area (Å²) in [6.07, 6.45) is -0.592. The van der Waals surface area contributed by atoms with E-state index < -0.39 is 23.8 Å². The summed E-state index contributed by atoms with van der Waals surface area (Å²) < 4.78 is 23.1. The predicted molar refractivity (Wildman–Crippen MR) is 85.5 cm³/mol. The molecule has 128 valence electrons. The molecule has 1 N–H and O–H groups in total. The smallest absolute Gasteiger partial charge is 0.344 e. The highest BCUT2D eigenvalue weighted by Gasteiger charge is 2.25. The van der Waals surface area contributed by atoms with E-state index in [-0.39, 0.29) is 16.3 Å². The van der Waals surface area contributed by atoms with Gasteiger partial charge in [0.05, 0.1) is 16.4 Å². The molecule has 1 aromatic carbocycles. The Labute approximate surface area is 142 Å². The van der Waals surface area contributed by atoms with Gasteiger partial charge in [0.25, 0.3) is 5.91 Å². The van der Waals surface area contributed by atoms with Gasteiger partial charge in [0.2, 0.25) is 0 Å². The van der Waals surface area contributed by atoms with Gasteiger partial charge in [-0.05, 0) is 38.5 Å². The predicted octanol–water partition coefficient (Wildman–Crippen LogP) is 3.52. The van der Waals surface area contributed by atoms with Crippen LogP contribution in [-0.4, -0.2) is 23.1 Å². The van der Waals surface area contributed by atoms with E-state index >= 15 is 0 Å². The number of carbonyl (C=O) groups is 2. The minimum absolute atomic E-state index is 0.0463. The number of nitrogens with zero attached hydrogens (tertiary/aromatic N) is 1. The number of aryl methyl sites for hydroxylation is 2. The first-order valence-corrected chi connectivity index (χ1v) is 7.63. The van der Waals surface area contributed by atoms with Gasteiger partial charge in [-0.3, -0.25) is 4.79 Å². The summed E-state index contributed by atoms with van der Waals surface area (Å²) >= 11 is 5.84. The van der Waals surface area contributed by atoms with Crippen LogP contribution in [0.5, 0.6) is 0 Å². The number of aromatic nitrogens is 1. The van der Waals surface area contributed by atoms with Gasteiger partial charge >= 0.3 is 5.97 Å². The van der Waals surface area contributed by atoms with Crippen molar-refractivity contribution in [2.45, 2.75) is 33.3 Å². The van der Waals surface area contributed by atoms with Gasteiger partial charge in [0.15, 0.2) is 6.10 Å². The van der Waals surface area contributed by atoms with Crippen LogP contribution in [0.4, 0.5) is 10.1 Å². The van der Waals surface area contributed by atoms with Crippen LogP contribution in [0.3, 0.4) is 0 Å². The molecule has 0 aliphatic heterocycles. The fourth-order valence-corrected chi connectivity index (χ4v) is 2.23. The number of benzene rings is 1. The third-order valence-corrected chi connectivity index (χ3v) is 3.63. The number of ether oxygens (including phenoxy) is 1. The quantitative estimate of drug-likeness (QED) is 0.831. The second-order valence-electron chi connectivity index (χ2n) is 5.07. The summed E-state index contributed by atoms with van der Waals surface area (Å²) in [5, 5.41) is 6.29. The van der Waals surface area contributed by atoms with Crippen LogP contribution in [0.25, 0.3) is 0 Å². The van der Waals surface area contributed by atoms with E-state index in [0.717, 1.165) is 12.1 Å². The van der Waals surface area contributed by atoms with Crippen molar-refractivity contribution in [3.8, 4) is 0 Å². The van der Waals surface area contributed by atoms with E-state index in [4.69, 9.17) is 20.9 Å². The van der Waals surface area contributed by atoms with E-state index in [1.807, 2.05) is 6.92 Å². The number of rotatable bonds is 5. The summed E-state index contributed by atoms with van der Waals surface area (Å²) in [5.41, 5.74) is 0.907.